The molecule has 1 fully saturated rings. The van der Waals surface area contributed by atoms with Crippen molar-refractivity contribution in [1.82, 2.24) is 0 Å². The normalized spacial score (nSPS) is 23.7. The number of esters is 1. The molecule has 0 bridgehead atoms. The highest BCUT2D eigenvalue weighted by Crippen LogP contribution is 2.33. The molecule has 0 amide bonds. The highest BCUT2D eigenvalue weighted by molar-refractivity contribution is 5.84. The van der Waals surface area contributed by atoms with Gasteiger partial charge in [0.05, 0.1) is 5.92 Å². The molecular formula is C16H20O5. The standard InChI is InChI=1S/C16H20O5/c1-16(2,3)15-20-12(14(19)21-15)11(13(17)18)9-10-7-5-4-6-8-10/h4-8,11-12,15H,9H2,1-3H3,(H,17,18)/t11?,12?,15-/m0/s1. The first-order valence-electron chi connectivity index (χ1n) is 6.91. The van der Waals surface area contributed by atoms with Crippen LogP contribution in [0.25, 0.3) is 0 Å². The lowest BCUT2D eigenvalue weighted by molar-refractivity contribution is -0.155. The van der Waals surface area contributed by atoms with Crippen LogP contribution in [0.3, 0.4) is 0 Å². The van der Waals surface area contributed by atoms with Gasteiger partial charge in [-0.15, -0.1) is 0 Å². The van der Waals surface area contributed by atoms with E-state index in [0.29, 0.717) is 0 Å². The fourth-order valence-corrected chi connectivity index (χ4v) is 2.22. The highest BCUT2D eigenvalue weighted by Gasteiger charge is 2.47. The van der Waals surface area contributed by atoms with Crippen molar-refractivity contribution in [2.24, 2.45) is 11.3 Å². The van der Waals surface area contributed by atoms with Crippen LogP contribution >= 0.6 is 0 Å². The number of benzene rings is 1. The number of carbonyl (C=O) groups excluding carboxylic acids is 1. The number of ether oxygens (including phenoxy) is 2. The molecule has 0 aliphatic carbocycles. The van der Waals surface area contributed by atoms with Crippen molar-refractivity contribution in [2.75, 3.05) is 0 Å². The van der Waals surface area contributed by atoms with Crippen LogP contribution in [0.5, 0.6) is 0 Å². The zero-order valence-electron chi connectivity index (χ0n) is 12.4. The maximum atomic E-state index is 12.0. The number of carbonyl (C=O) groups is 2. The smallest absolute Gasteiger partial charge is 0.338 e. The molecule has 2 rings (SSSR count). The second kappa shape index (κ2) is 5.85. The Balaban J connectivity index is 2.16. The lowest BCUT2D eigenvalue weighted by Crippen LogP contribution is -2.35. The Morgan fingerprint density at radius 3 is 2.38 bits per heavy atom. The summed E-state index contributed by atoms with van der Waals surface area (Å²) in [6.07, 6.45) is -1.55. The minimum atomic E-state index is -1.06. The fraction of sp³-hybridized carbons (Fsp3) is 0.500. The summed E-state index contributed by atoms with van der Waals surface area (Å²) in [4.78, 5) is 23.5. The van der Waals surface area contributed by atoms with Gasteiger partial charge in [0, 0.05) is 5.41 Å². The molecule has 5 heteroatoms. The first-order valence-corrected chi connectivity index (χ1v) is 6.91. The van der Waals surface area contributed by atoms with Gasteiger partial charge in [0.25, 0.3) is 0 Å². The van der Waals surface area contributed by atoms with Gasteiger partial charge in [0.15, 0.2) is 6.10 Å². The zero-order chi connectivity index (χ0) is 15.6. The predicted octanol–water partition coefficient (Wildman–Crippen LogP) is 2.24. The van der Waals surface area contributed by atoms with Crippen molar-refractivity contribution < 1.29 is 24.2 Å². The maximum absolute atomic E-state index is 12.0. The molecule has 1 aromatic rings. The van der Waals surface area contributed by atoms with Crippen molar-refractivity contribution in [2.45, 2.75) is 39.6 Å². The quantitative estimate of drug-likeness (QED) is 0.862. The van der Waals surface area contributed by atoms with Crippen molar-refractivity contribution >= 4 is 11.9 Å². The third kappa shape index (κ3) is 3.61. The topological polar surface area (TPSA) is 72.8 Å². The Hall–Kier alpha value is -1.88. The van der Waals surface area contributed by atoms with E-state index in [1.54, 1.807) is 0 Å². The first-order chi connectivity index (χ1) is 9.79. The first kappa shape index (κ1) is 15.5. The van der Waals surface area contributed by atoms with Crippen LogP contribution in [0.4, 0.5) is 0 Å². The van der Waals surface area contributed by atoms with E-state index < -0.39 is 30.3 Å². The van der Waals surface area contributed by atoms with E-state index in [4.69, 9.17) is 9.47 Å². The van der Waals surface area contributed by atoms with Crippen molar-refractivity contribution in [3.63, 3.8) is 0 Å². The number of rotatable bonds is 4. The van der Waals surface area contributed by atoms with Gasteiger partial charge in [-0.2, -0.15) is 0 Å². The molecule has 2 unspecified atom stereocenters. The molecule has 114 valence electrons. The molecule has 5 nitrogen and oxygen atoms in total. The monoisotopic (exact) mass is 292 g/mol. The molecule has 0 aromatic heterocycles. The molecule has 1 aliphatic rings. The van der Waals surface area contributed by atoms with Gasteiger partial charge in [0.2, 0.25) is 6.29 Å². The second-order valence-electron chi connectivity index (χ2n) is 6.33. The molecule has 1 saturated heterocycles. The number of carboxylic acid groups (broad SMARTS) is 1. The average Bonchev–Trinajstić information content (AvgIpc) is 2.79. The van der Waals surface area contributed by atoms with Gasteiger partial charge in [-0.25, -0.2) is 4.79 Å². The van der Waals surface area contributed by atoms with Gasteiger partial charge in [-0.1, -0.05) is 51.1 Å². The SMILES string of the molecule is CC(C)(C)[C@@H]1OC(=O)C(C(Cc2ccccc2)C(=O)O)O1. The number of aliphatic carboxylic acids is 1. The van der Waals surface area contributed by atoms with Crippen LogP contribution in [-0.2, 0) is 25.5 Å². The Morgan fingerprint density at radius 2 is 1.90 bits per heavy atom. The Morgan fingerprint density at radius 1 is 1.29 bits per heavy atom. The molecular weight excluding hydrogens is 272 g/mol. The molecule has 3 atom stereocenters. The van der Waals surface area contributed by atoms with Gasteiger partial charge in [-0.3, -0.25) is 4.79 Å². The molecule has 0 radical (unpaired) electrons. The number of carboxylic acids is 1. The lowest BCUT2D eigenvalue weighted by Gasteiger charge is -2.24. The van der Waals surface area contributed by atoms with Crippen LogP contribution in [0.1, 0.15) is 26.3 Å². The minimum absolute atomic E-state index is 0.229. The van der Waals surface area contributed by atoms with Crippen LogP contribution in [0, 0.1) is 11.3 Å². The Bertz CT molecular complexity index is 517. The minimum Gasteiger partial charge on any atom is -0.481 e. The summed E-state index contributed by atoms with van der Waals surface area (Å²) < 4.78 is 10.8. The van der Waals surface area contributed by atoms with E-state index in [9.17, 15) is 14.7 Å². The van der Waals surface area contributed by atoms with E-state index in [0.717, 1.165) is 5.56 Å². The molecule has 1 aliphatic heterocycles. The molecule has 1 heterocycles. The molecule has 0 saturated carbocycles. The molecule has 1 N–H and O–H groups in total. The number of hydrogen-bond acceptors (Lipinski definition) is 4. The summed E-state index contributed by atoms with van der Waals surface area (Å²) >= 11 is 0. The second-order valence-corrected chi connectivity index (χ2v) is 6.33. The zero-order valence-corrected chi connectivity index (χ0v) is 12.4. The molecule has 21 heavy (non-hydrogen) atoms. The maximum Gasteiger partial charge on any atom is 0.338 e. The van der Waals surface area contributed by atoms with Crippen LogP contribution < -0.4 is 0 Å². The van der Waals surface area contributed by atoms with Gasteiger partial charge < -0.3 is 14.6 Å². The van der Waals surface area contributed by atoms with E-state index in [2.05, 4.69) is 0 Å². The summed E-state index contributed by atoms with van der Waals surface area (Å²) in [6.45, 7) is 5.63. The summed E-state index contributed by atoms with van der Waals surface area (Å²) in [5.41, 5.74) is 0.459. The van der Waals surface area contributed by atoms with Crippen molar-refractivity contribution in [1.29, 1.82) is 0 Å². The van der Waals surface area contributed by atoms with Crippen LogP contribution in [0.15, 0.2) is 30.3 Å². The third-order valence-corrected chi connectivity index (χ3v) is 3.41. The Labute approximate surface area is 123 Å². The van der Waals surface area contributed by atoms with E-state index in [1.165, 1.54) is 0 Å². The summed E-state index contributed by atoms with van der Waals surface area (Å²) in [6, 6.07) is 9.18. The molecule has 0 spiro atoms. The van der Waals surface area contributed by atoms with Gasteiger partial charge in [0.1, 0.15) is 0 Å². The number of hydrogen-bond donors (Lipinski definition) is 1. The molecule has 1 aromatic carbocycles. The largest absolute Gasteiger partial charge is 0.481 e. The van der Waals surface area contributed by atoms with Crippen LogP contribution in [0.2, 0.25) is 0 Å². The summed E-state index contributed by atoms with van der Waals surface area (Å²) in [5.74, 6) is -2.61. The lowest BCUT2D eigenvalue weighted by atomic mass is 9.93. The van der Waals surface area contributed by atoms with E-state index >= 15 is 0 Å². The van der Waals surface area contributed by atoms with E-state index in [-0.39, 0.29) is 11.8 Å². The van der Waals surface area contributed by atoms with Gasteiger partial charge in [-0.05, 0) is 12.0 Å². The van der Waals surface area contributed by atoms with Crippen molar-refractivity contribution in [3.05, 3.63) is 35.9 Å². The van der Waals surface area contributed by atoms with Crippen LogP contribution in [-0.4, -0.2) is 29.4 Å². The highest BCUT2D eigenvalue weighted by atomic mass is 16.8. The van der Waals surface area contributed by atoms with E-state index in [1.807, 2.05) is 51.1 Å². The summed E-state index contributed by atoms with van der Waals surface area (Å²) in [5, 5.41) is 9.41. The number of cyclic esters (lactones) is 1. The third-order valence-electron chi connectivity index (χ3n) is 3.41. The van der Waals surface area contributed by atoms with Crippen molar-refractivity contribution in [3.8, 4) is 0 Å². The Kier molecular flexibility index (Phi) is 4.32. The average molecular weight is 292 g/mol. The fourth-order valence-electron chi connectivity index (χ4n) is 2.22. The van der Waals surface area contributed by atoms with Gasteiger partial charge >= 0.3 is 11.9 Å². The summed E-state index contributed by atoms with van der Waals surface area (Å²) in [7, 11) is 0. The predicted molar refractivity (Wildman–Crippen MR) is 75.5 cm³/mol.